The molecule has 0 radical (unpaired) electrons. The van der Waals surface area contributed by atoms with E-state index in [0.717, 1.165) is 48.0 Å². The molecule has 0 spiro atoms. The second-order valence-corrected chi connectivity index (χ2v) is 8.18. The third-order valence-corrected chi connectivity index (χ3v) is 5.61. The Bertz CT molecular complexity index is 1030. The van der Waals surface area contributed by atoms with E-state index in [9.17, 15) is 0 Å². The lowest BCUT2D eigenvalue weighted by molar-refractivity contribution is 0.207. The van der Waals surface area contributed by atoms with Crippen molar-refractivity contribution in [2.45, 2.75) is 58.7 Å². The van der Waals surface area contributed by atoms with Crippen molar-refractivity contribution < 1.29 is 4.74 Å². The number of aryl methyl sites for hydroxylation is 1. The molecule has 176 valence electrons. The van der Waals surface area contributed by atoms with Crippen LogP contribution in [-0.2, 0) is 13.1 Å². The number of ether oxygens (including phenoxy) is 1. The van der Waals surface area contributed by atoms with E-state index in [2.05, 4.69) is 52.6 Å². The van der Waals surface area contributed by atoms with E-state index in [4.69, 9.17) is 9.73 Å². The lowest BCUT2D eigenvalue weighted by Gasteiger charge is -2.18. The molecule has 0 atom stereocenters. The molecular formula is C25H33IN6O. The fraction of sp³-hybridized carbons (Fsp3) is 0.400. The third kappa shape index (κ3) is 7.18. The van der Waals surface area contributed by atoms with E-state index < -0.39 is 0 Å². The Morgan fingerprint density at radius 2 is 2.00 bits per heavy atom. The zero-order valence-electron chi connectivity index (χ0n) is 19.3. The molecule has 2 heterocycles. The molecule has 4 rings (SSSR count). The molecule has 8 heteroatoms. The van der Waals surface area contributed by atoms with Gasteiger partial charge >= 0.3 is 0 Å². The summed E-state index contributed by atoms with van der Waals surface area (Å²) in [7, 11) is 0. The molecule has 0 amide bonds. The highest BCUT2D eigenvalue weighted by molar-refractivity contribution is 14.0. The van der Waals surface area contributed by atoms with Gasteiger partial charge in [-0.25, -0.2) is 15.0 Å². The van der Waals surface area contributed by atoms with Gasteiger partial charge in [-0.2, -0.15) is 0 Å². The minimum Gasteiger partial charge on any atom is -0.490 e. The zero-order chi connectivity index (χ0) is 22.2. The number of aliphatic imine (C=N–C) groups is 1. The molecule has 7 nitrogen and oxygen atoms in total. The first-order valence-corrected chi connectivity index (χ1v) is 11.4. The van der Waals surface area contributed by atoms with Crippen LogP contribution in [0.3, 0.4) is 0 Å². The summed E-state index contributed by atoms with van der Waals surface area (Å²) in [6.45, 7) is 6.18. The predicted octanol–water partition coefficient (Wildman–Crippen LogP) is 4.77. The monoisotopic (exact) mass is 560 g/mol. The van der Waals surface area contributed by atoms with Gasteiger partial charge in [0.05, 0.1) is 12.6 Å². The average Bonchev–Trinajstić information content (AvgIpc) is 3.51. The minimum atomic E-state index is 0. The predicted molar refractivity (Wildman–Crippen MR) is 142 cm³/mol. The smallest absolute Gasteiger partial charge is 0.191 e. The molecule has 1 saturated carbocycles. The summed E-state index contributed by atoms with van der Waals surface area (Å²) in [6.07, 6.45) is 12.3. The number of nitrogens with one attached hydrogen (secondary N) is 2. The number of hydrogen-bond acceptors (Lipinski definition) is 4. The average molecular weight is 560 g/mol. The van der Waals surface area contributed by atoms with E-state index in [-0.39, 0.29) is 24.0 Å². The largest absolute Gasteiger partial charge is 0.490 e. The zero-order valence-corrected chi connectivity index (χ0v) is 21.7. The van der Waals surface area contributed by atoms with Gasteiger partial charge in [0, 0.05) is 37.2 Å². The first-order valence-electron chi connectivity index (χ1n) is 11.4. The Morgan fingerprint density at radius 3 is 2.76 bits per heavy atom. The number of guanidine groups is 1. The topological polar surface area (TPSA) is 76.4 Å². The second-order valence-electron chi connectivity index (χ2n) is 8.18. The molecule has 0 unspecified atom stereocenters. The Balaban J connectivity index is 0.00000306. The normalized spacial score (nSPS) is 14.1. The number of halogens is 1. The van der Waals surface area contributed by atoms with Gasteiger partial charge in [-0.1, -0.05) is 12.1 Å². The molecule has 33 heavy (non-hydrogen) atoms. The fourth-order valence-electron chi connectivity index (χ4n) is 3.89. The Kier molecular flexibility index (Phi) is 9.53. The molecule has 1 fully saturated rings. The molecule has 2 aromatic heterocycles. The molecule has 1 aromatic carbocycles. The number of benzene rings is 1. The SMILES string of the molecule is CCNC(=NCc1ccnc(-n2ccnc2)c1)NCc1ccc(C)cc1OC1CCCC1.I. The molecule has 1 aliphatic carbocycles. The molecule has 0 bridgehead atoms. The fourth-order valence-corrected chi connectivity index (χ4v) is 3.89. The van der Waals surface area contributed by atoms with E-state index in [0.29, 0.717) is 19.2 Å². The maximum absolute atomic E-state index is 6.34. The first-order chi connectivity index (χ1) is 15.7. The summed E-state index contributed by atoms with van der Waals surface area (Å²) >= 11 is 0. The van der Waals surface area contributed by atoms with Crippen molar-refractivity contribution in [2.75, 3.05) is 6.54 Å². The van der Waals surface area contributed by atoms with Gasteiger partial charge in [0.1, 0.15) is 17.9 Å². The van der Waals surface area contributed by atoms with Crippen molar-refractivity contribution >= 4 is 29.9 Å². The maximum atomic E-state index is 6.34. The molecular weight excluding hydrogens is 527 g/mol. The number of hydrogen-bond donors (Lipinski definition) is 2. The van der Waals surface area contributed by atoms with Crippen molar-refractivity contribution in [3.63, 3.8) is 0 Å². The standard InChI is InChI=1S/C25H32N6O.HI/c1-3-27-25(29-16-20-10-11-28-24(15-20)31-13-12-26-18-31)30-17-21-9-8-19(2)14-23(21)32-22-6-4-5-7-22;/h8-15,18,22H,3-7,16-17H2,1-2H3,(H2,27,29,30);1H. The van der Waals surface area contributed by atoms with Gasteiger partial charge in [0.25, 0.3) is 0 Å². The summed E-state index contributed by atoms with van der Waals surface area (Å²) in [5.41, 5.74) is 3.45. The van der Waals surface area contributed by atoms with Crippen LogP contribution in [0.25, 0.3) is 5.82 Å². The number of rotatable bonds is 8. The molecule has 0 saturated heterocycles. The first kappa shape index (κ1) is 25.0. The van der Waals surface area contributed by atoms with Crippen LogP contribution >= 0.6 is 24.0 Å². The van der Waals surface area contributed by atoms with E-state index in [1.54, 1.807) is 18.7 Å². The minimum absolute atomic E-state index is 0. The highest BCUT2D eigenvalue weighted by atomic mass is 127. The summed E-state index contributed by atoms with van der Waals surface area (Å²) in [5.74, 6) is 2.60. The lowest BCUT2D eigenvalue weighted by atomic mass is 10.1. The third-order valence-electron chi connectivity index (χ3n) is 5.61. The van der Waals surface area contributed by atoms with Gasteiger partial charge in [0.15, 0.2) is 5.96 Å². The van der Waals surface area contributed by atoms with Crippen LogP contribution in [0.5, 0.6) is 5.75 Å². The van der Waals surface area contributed by atoms with Gasteiger partial charge in [-0.15, -0.1) is 24.0 Å². The van der Waals surface area contributed by atoms with Crippen molar-refractivity contribution in [3.05, 3.63) is 71.9 Å². The van der Waals surface area contributed by atoms with Crippen molar-refractivity contribution in [1.82, 2.24) is 25.2 Å². The summed E-state index contributed by atoms with van der Waals surface area (Å²) in [5, 5.41) is 6.80. The van der Waals surface area contributed by atoms with Crippen molar-refractivity contribution in [1.29, 1.82) is 0 Å². The number of pyridine rings is 1. The highest BCUT2D eigenvalue weighted by Gasteiger charge is 2.18. The van der Waals surface area contributed by atoms with E-state index >= 15 is 0 Å². The van der Waals surface area contributed by atoms with Crippen molar-refractivity contribution in [3.8, 4) is 11.6 Å². The van der Waals surface area contributed by atoms with Crippen LogP contribution in [-0.4, -0.2) is 33.1 Å². The van der Waals surface area contributed by atoms with E-state index in [1.807, 2.05) is 22.9 Å². The van der Waals surface area contributed by atoms with Crippen LogP contribution in [0, 0.1) is 6.92 Å². The molecule has 3 aromatic rings. The van der Waals surface area contributed by atoms with Crippen LogP contribution in [0.2, 0.25) is 0 Å². The quantitative estimate of drug-likeness (QED) is 0.236. The molecule has 0 aliphatic heterocycles. The second kappa shape index (κ2) is 12.6. The summed E-state index contributed by atoms with van der Waals surface area (Å²) in [6, 6.07) is 10.4. The molecule has 1 aliphatic rings. The summed E-state index contributed by atoms with van der Waals surface area (Å²) < 4.78 is 8.23. The number of imidazole rings is 1. The van der Waals surface area contributed by atoms with Gasteiger partial charge < -0.3 is 15.4 Å². The van der Waals surface area contributed by atoms with Crippen LogP contribution in [0.1, 0.15) is 49.3 Å². The van der Waals surface area contributed by atoms with Crippen LogP contribution in [0.15, 0.2) is 60.2 Å². The number of aromatic nitrogens is 3. The van der Waals surface area contributed by atoms with Crippen molar-refractivity contribution in [2.24, 2.45) is 4.99 Å². The lowest BCUT2D eigenvalue weighted by Crippen LogP contribution is -2.37. The van der Waals surface area contributed by atoms with Crippen LogP contribution < -0.4 is 15.4 Å². The Hall–Kier alpha value is -2.62. The van der Waals surface area contributed by atoms with Crippen LogP contribution in [0.4, 0.5) is 0 Å². The Morgan fingerprint density at radius 1 is 1.15 bits per heavy atom. The van der Waals surface area contributed by atoms with Gasteiger partial charge in [-0.3, -0.25) is 4.57 Å². The maximum Gasteiger partial charge on any atom is 0.191 e. The Labute approximate surface area is 213 Å². The highest BCUT2D eigenvalue weighted by Crippen LogP contribution is 2.27. The van der Waals surface area contributed by atoms with Gasteiger partial charge in [-0.05, 0) is 68.9 Å². The van der Waals surface area contributed by atoms with Gasteiger partial charge in [0.2, 0.25) is 0 Å². The summed E-state index contributed by atoms with van der Waals surface area (Å²) in [4.78, 5) is 13.3. The number of nitrogens with zero attached hydrogens (tertiary/aromatic N) is 4. The molecule has 2 N–H and O–H groups in total. The van der Waals surface area contributed by atoms with E-state index in [1.165, 1.54) is 18.4 Å².